The molecule has 2 aromatic rings. The van der Waals surface area contributed by atoms with E-state index in [9.17, 15) is 15.0 Å². The van der Waals surface area contributed by atoms with Crippen molar-refractivity contribution in [3.05, 3.63) is 40.9 Å². The second-order valence-electron chi connectivity index (χ2n) is 3.72. The van der Waals surface area contributed by atoms with E-state index in [-0.39, 0.29) is 11.3 Å². The van der Waals surface area contributed by atoms with Gasteiger partial charge >= 0.3 is 0 Å². The lowest BCUT2D eigenvalue weighted by Gasteiger charge is -2.03. The number of nitrogens with one attached hydrogen (secondary N) is 1. The topological polar surface area (TPSA) is 82.5 Å². The Morgan fingerprint density at radius 3 is 2.78 bits per heavy atom. The minimum atomic E-state index is -0.669. The molecular formula is C12H12N2O3S. The molecule has 2 rings (SSSR count). The first kappa shape index (κ1) is 12.5. The number of phenols is 1. The van der Waals surface area contributed by atoms with Crippen LogP contribution in [-0.2, 0) is 0 Å². The second kappa shape index (κ2) is 5.16. The maximum atomic E-state index is 11.8. The fourth-order valence-electron chi connectivity index (χ4n) is 1.37. The molecule has 0 saturated heterocycles. The highest BCUT2D eigenvalue weighted by molar-refractivity contribution is 7.14. The Morgan fingerprint density at radius 2 is 2.17 bits per heavy atom. The molecule has 1 atom stereocenters. The van der Waals surface area contributed by atoms with E-state index in [0.717, 1.165) is 0 Å². The molecule has 0 radical (unpaired) electrons. The molecule has 94 valence electrons. The lowest BCUT2D eigenvalue weighted by molar-refractivity contribution is 0.102. The minimum Gasteiger partial charge on any atom is -0.507 e. The van der Waals surface area contributed by atoms with Crippen LogP contribution in [0.15, 0.2) is 29.6 Å². The lowest BCUT2D eigenvalue weighted by Crippen LogP contribution is -2.11. The first-order chi connectivity index (χ1) is 8.58. The zero-order valence-electron chi connectivity index (χ0n) is 9.62. The summed E-state index contributed by atoms with van der Waals surface area (Å²) in [6, 6.07) is 6.27. The van der Waals surface area contributed by atoms with E-state index in [4.69, 9.17) is 0 Å². The highest BCUT2D eigenvalue weighted by Gasteiger charge is 2.13. The van der Waals surface area contributed by atoms with Gasteiger partial charge in [0.15, 0.2) is 5.13 Å². The van der Waals surface area contributed by atoms with Crippen LogP contribution in [0.5, 0.6) is 5.75 Å². The summed E-state index contributed by atoms with van der Waals surface area (Å²) in [6.07, 6.45) is -0.669. The van der Waals surface area contributed by atoms with Crippen molar-refractivity contribution in [1.82, 2.24) is 4.98 Å². The first-order valence-electron chi connectivity index (χ1n) is 5.31. The zero-order chi connectivity index (χ0) is 13.1. The third-order valence-corrected chi connectivity index (χ3v) is 3.10. The Kier molecular flexibility index (Phi) is 3.59. The Morgan fingerprint density at radius 1 is 1.44 bits per heavy atom. The number of para-hydroxylation sites is 1. The van der Waals surface area contributed by atoms with E-state index in [1.54, 1.807) is 24.4 Å². The zero-order valence-corrected chi connectivity index (χ0v) is 10.4. The first-order valence-corrected chi connectivity index (χ1v) is 6.18. The number of thiazole rings is 1. The number of phenolic OH excluding ortho intramolecular Hbond substituents is 1. The van der Waals surface area contributed by atoms with Crippen LogP contribution < -0.4 is 5.32 Å². The number of rotatable bonds is 3. The molecule has 1 amide bonds. The smallest absolute Gasteiger partial charge is 0.261 e. The maximum Gasteiger partial charge on any atom is 0.261 e. The molecular weight excluding hydrogens is 252 g/mol. The van der Waals surface area contributed by atoms with Gasteiger partial charge in [-0.3, -0.25) is 10.1 Å². The number of carbonyl (C=O) groups is 1. The summed E-state index contributed by atoms with van der Waals surface area (Å²) >= 11 is 1.22. The predicted octanol–water partition coefficient (Wildman–Crippen LogP) is 2.15. The fourth-order valence-corrected chi connectivity index (χ4v) is 2.16. The summed E-state index contributed by atoms with van der Waals surface area (Å²) in [5, 5.41) is 23.5. The second-order valence-corrected chi connectivity index (χ2v) is 4.58. The molecule has 1 aromatic heterocycles. The lowest BCUT2D eigenvalue weighted by atomic mass is 10.2. The van der Waals surface area contributed by atoms with Gasteiger partial charge in [-0.1, -0.05) is 12.1 Å². The Balaban J connectivity index is 2.14. The van der Waals surface area contributed by atoms with E-state index in [1.165, 1.54) is 23.5 Å². The molecule has 0 aliphatic carbocycles. The van der Waals surface area contributed by atoms with Crippen molar-refractivity contribution in [3.8, 4) is 5.75 Å². The summed E-state index contributed by atoms with van der Waals surface area (Å²) in [5.41, 5.74) is 0.693. The van der Waals surface area contributed by atoms with E-state index in [2.05, 4.69) is 10.3 Å². The van der Waals surface area contributed by atoms with Gasteiger partial charge in [0.05, 0.1) is 17.4 Å². The Hall–Kier alpha value is -1.92. The van der Waals surface area contributed by atoms with Crippen LogP contribution in [0.1, 0.15) is 29.1 Å². The van der Waals surface area contributed by atoms with Gasteiger partial charge in [-0.2, -0.15) is 0 Å². The SMILES string of the molecule is CC(O)c1csc(NC(=O)c2ccccc2O)n1. The largest absolute Gasteiger partial charge is 0.507 e. The number of amides is 1. The number of carbonyl (C=O) groups excluding carboxylic acids is 1. The van der Waals surface area contributed by atoms with Gasteiger partial charge in [0.1, 0.15) is 5.75 Å². The molecule has 0 bridgehead atoms. The van der Waals surface area contributed by atoms with Crippen LogP contribution in [0.25, 0.3) is 0 Å². The number of hydrogen-bond acceptors (Lipinski definition) is 5. The number of nitrogens with zero attached hydrogens (tertiary/aromatic N) is 1. The average Bonchev–Trinajstić information content (AvgIpc) is 2.78. The van der Waals surface area contributed by atoms with Gasteiger partial charge in [0.25, 0.3) is 5.91 Å². The van der Waals surface area contributed by atoms with Crippen LogP contribution >= 0.6 is 11.3 Å². The summed E-state index contributed by atoms with van der Waals surface area (Å²) in [7, 11) is 0. The average molecular weight is 264 g/mol. The van der Waals surface area contributed by atoms with Crippen molar-refractivity contribution < 1.29 is 15.0 Å². The molecule has 18 heavy (non-hydrogen) atoms. The normalized spacial score (nSPS) is 12.1. The summed E-state index contributed by atoms with van der Waals surface area (Å²) in [4.78, 5) is 15.9. The molecule has 3 N–H and O–H groups in total. The number of aliphatic hydroxyl groups excluding tert-OH is 1. The Labute approximate surface area is 108 Å². The van der Waals surface area contributed by atoms with Crippen molar-refractivity contribution in [1.29, 1.82) is 0 Å². The summed E-state index contributed by atoms with van der Waals surface area (Å²) < 4.78 is 0. The van der Waals surface area contributed by atoms with Gasteiger partial charge in [0, 0.05) is 5.38 Å². The minimum absolute atomic E-state index is 0.0812. The molecule has 0 aliphatic heterocycles. The number of aliphatic hydroxyl groups is 1. The monoisotopic (exact) mass is 264 g/mol. The molecule has 0 spiro atoms. The van der Waals surface area contributed by atoms with Gasteiger partial charge in [-0.15, -0.1) is 11.3 Å². The highest BCUT2D eigenvalue weighted by Crippen LogP contribution is 2.22. The van der Waals surface area contributed by atoms with Crippen molar-refractivity contribution in [2.45, 2.75) is 13.0 Å². The van der Waals surface area contributed by atoms with Crippen molar-refractivity contribution in [2.75, 3.05) is 5.32 Å². The highest BCUT2D eigenvalue weighted by atomic mass is 32.1. The van der Waals surface area contributed by atoms with Crippen LogP contribution in [0, 0.1) is 0 Å². The van der Waals surface area contributed by atoms with Crippen molar-refractivity contribution in [2.24, 2.45) is 0 Å². The van der Waals surface area contributed by atoms with Gasteiger partial charge in [-0.25, -0.2) is 4.98 Å². The van der Waals surface area contributed by atoms with E-state index in [0.29, 0.717) is 10.8 Å². The van der Waals surface area contributed by atoms with Crippen molar-refractivity contribution in [3.63, 3.8) is 0 Å². The predicted molar refractivity (Wildman–Crippen MR) is 68.8 cm³/mol. The van der Waals surface area contributed by atoms with Gasteiger partial charge < -0.3 is 10.2 Å². The van der Waals surface area contributed by atoms with E-state index in [1.807, 2.05) is 0 Å². The molecule has 5 nitrogen and oxygen atoms in total. The van der Waals surface area contributed by atoms with Crippen LogP contribution in [0.2, 0.25) is 0 Å². The fraction of sp³-hybridized carbons (Fsp3) is 0.167. The molecule has 0 saturated carbocycles. The van der Waals surface area contributed by atoms with Crippen LogP contribution in [-0.4, -0.2) is 21.1 Å². The van der Waals surface area contributed by atoms with Gasteiger partial charge in [0.2, 0.25) is 0 Å². The third-order valence-electron chi connectivity index (χ3n) is 2.32. The Bertz CT molecular complexity index is 566. The standard InChI is InChI=1S/C12H12N2O3S/c1-7(15)9-6-18-12(13-9)14-11(17)8-4-2-3-5-10(8)16/h2-7,15-16H,1H3,(H,13,14,17). The quantitative estimate of drug-likeness (QED) is 0.793. The van der Waals surface area contributed by atoms with Crippen molar-refractivity contribution >= 4 is 22.4 Å². The summed E-state index contributed by atoms with van der Waals surface area (Å²) in [6.45, 7) is 1.60. The van der Waals surface area contributed by atoms with Crippen LogP contribution in [0.3, 0.4) is 0 Å². The maximum absolute atomic E-state index is 11.8. The number of aromatic nitrogens is 1. The number of aromatic hydroxyl groups is 1. The van der Waals surface area contributed by atoms with Crippen LogP contribution in [0.4, 0.5) is 5.13 Å². The van der Waals surface area contributed by atoms with Gasteiger partial charge in [-0.05, 0) is 19.1 Å². The molecule has 1 heterocycles. The molecule has 6 heteroatoms. The van der Waals surface area contributed by atoms with E-state index >= 15 is 0 Å². The molecule has 1 aromatic carbocycles. The third kappa shape index (κ3) is 2.66. The number of anilines is 1. The number of benzene rings is 1. The van der Waals surface area contributed by atoms with E-state index < -0.39 is 12.0 Å². The molecule has 1 unspecified atom stereocenters. The molecule has 0 fully saturated rings. The molecule has 0 aliphatic rings. The summed E-state index contributed by atoms with van der Waals surface area (Å²) in [5.74, 6) is -0.512. The number of hydrogen-bond donors (Lipinski definition) is 3.